The van der Waals surface area contributed by atoms with Crippen molar-refractivity contribution in [1.82, 2.24) is 4.98 Å². The number of fused-ring (bicyclic) bond motifs is 1. The van der Waals surface area contributed by atoms with Gasteiger partial charge < -0.3 is 9.52 Å². The van der Waals surface area contributed by atoms with Crippen molar-refractivity contribution in [3.63, 3.8) is 0 Å². The van der Waals surface area contributed by atoms with Crippen molar-refractivity contribution in [2.75, 3.05) is 0 Å². The molecule has 1 N–H and O–H groups in total. The van der Waals surface area contributed by atoms with Gasteiger partial charge in [0, 0.05) is 0 Å². The van der Waals surface area contributed by atoms with Gasteiger partial charge in [0.15, 0.2) is 5.58 Å². The summed E-state index contributed by atoms with van der Waals surface area (Å²) < 4.78 is 5.20. The maximum Gasteiger partial charge on any atom is 0.335 e. The fourth-order valence-electron chi connectivity index (χ4n) is 1.16. The second-order valence-electron chi connectivity index (χ2n) is 2.73. The van der Waals surface area contributed by atoms with E-state index in [0.717, 1.165) is 0 Å². The molecule has 1 heterocycles. The first-order chi connectivity index (χ1) is 6.70. The molecule has 0 saturated carbocycles. The van der Waals surface area contributed by atoms with E-state index in [9.17, 15) is 4.79 Å². The summed E-state index contributed by atoms with van der Waals surface area (Å²) in [6.45, 7) is 0. The first kappa shape index (κ1) is 9.02. The molecular weight excluding hydrogens is 206 g/mol. The summed E-state index contributed by atoms with van der Waals surface area (Å²) in [4.78, 5) is 14.7. The highest BCUT2D eigenvalue weighted by Gasteiger charge is 2.08. The Labute approximate surface area is 84.1 Å². The van der Waals surface area contributed by atoms with Crippen LogP contribution in [0.15, 0.2) is 22.6 Å². The molecule has 0 spiro atoms. The lowest BCUT2D eigenvalue weighted by Crippen LogP contribution is -1.94. The van der Waals surface area contributed by atoms with Crippen LogP contribution < -0.4 is 0 Å². The number of aromatic nitrogens is 1. The lowest BCUT2D eigenvalue weighted by Gasteiger charge is -1.91. The minimum Gasteiger partial charge on any atom is -0.478 e. The van der Waals surface area contributed by atoms with E-state index in [1.165, 1.54) is 12.1 Å². The van der Waals surface area contributed by atoms with Gasteiger partial charge in [-0.1, -0.05) is 0 Å². The van der Waals surface area contributed by atoms with Gasteiger partial charge in [0.1, 0.15) is 5.52 Å². The Morgan fingerprint density at radius 3 is 3.00 bits per heavy atom. The molecule has 2 rings (SSSR count). The Morgan fingerprint density at radius 1 is 1.57 bits per heavy atom. The van der Waals surface area contributed by atoms with Gasteiger partial charge in [-0.15, -0.1) is 11.6 Å². The molecular formula is C9H6ClNO3. The van der Waals surface area contributed by atoms with Gasteiger partial charge in [-0.3, -0.25) is 0 Å². The number of oxazole rings is 1. The van der Waals surface area contributed by atoms with E-state index >= 15 is 0 Å². The van der Waals surface area contributed by atoms with Crippen LogP contribution in [0.4, 0.5) is 0 Å². The summed E-state index contributed by atoms with van der Waals surface area (Å²) in [6.07, 6.45) is 0. The third-order valence-electron chi connectivity index (χ3n) is 1.79. The van der Waals surface area contributed by atoms with Crippen LogP contribution in [0, 0.1) is 0 Å². The molecule has 0 radical (unpaired) electrons. The summed E-state index contributed by atoms with van der Waals surface area (Å²) in [5.41, 5.74) is 1.24. The van der Waals surface area contributed by atoms with Crippen molar-refractivity contribution >= 4 is 28.7 Å². The molecule has 0 aliphatic carbocycles. The zero-order chi connectivity index (χ0) is 10.1. The van der Waals surface area contributed by atoms with E-state index in [1.807, 2.05) is 0 Å². The smallest absolute Gasteiger partial charge is 0.335 e. The Bertz CT molecular complexity index is 492. The van der Waals surface area contributed by atoms with E-state index in [0.29, 0.717) is 17.0 Å². The second-order valence-corrected chi connectivity index (χ2v) is 3.00. The average molecular weight is 212 g/mol. The van der Waals surface area contributed by atoms with Crippen molar-refractivity contribution in [2.24, 2.45) is 0 Å². The molecule has 0 fully saturated rings. The maximum atomic E-state index is 10.6. The normalized spacial score (nSPS) is 10.6. The molecule has 2 aromatic rings. The number of nitrogens with zero attached hydrogens (tertiary/aromatic N) is 1. The quantitative estimate of drug-likeness (QED) is 0.774. The highest BCUT2D eigenvalue weighted by atomic mass is 35.5. The monoisotopic (exact) mass is 211 g/mol. The summed E-state index contributed by atoms with van der Waals surface area (Å²) in [7, 11) is 0. The zero-order valence-corrected chi connectivity index (χ0v) is 7.78. The standard InChI is InChI=1S/C9H6ClNO3/c10-4-8-11-6-2-1-5(9(12)13)3-7(6)14-8/h1-3H,4H2,(H,12,13). The van der Waals surface area contributed by atoms with Crippen molar-refractivity contribution < 1.29 is 14.3 Å². The lowest BCUT2D eigenvalue weighted by atomic mass is 10.2. The Morgan fingerprint density at radius 2 is 2.36 bits per heavy atom. The number of carboxylic acids is 1. The highest BCUT2D eigenvalue weighted by Crippen LogP contribution is 2.18. The summed E-state index contributed by atoms with van der Waals surface area (Å²) in [5, 5.41) is 8.72. The van der Waals surface area contributed by atoms with Crippen molar-refractivity contribution in [3.05, 3.63) is 29.7 Å². The number of aromatic carboxylic acids is 1. The van der Waals surface area contributed by atoms with E-state index in [2.05, 4.69) is 4.98 Å². The fraction of sp³-hybridized carbons (Fsp3) is 0.111. The minimum absolute atomic E-state index is 0.176. The predicted octanol–water partition coefficient (Wildman–Crippen LogP) is 2.26. The number of rotatable bonds is 2. The summed E-state index contributed by atoms with van der Waals surface area (Å²) in [5.74, 6) is -0.420. The molecule has 0 aliphatic heterocycles. The Hall–Kier alpha value is -1.55. The highest BCUT2D eigenvalue weighted by molar-refractivity contribution is 6.16. The number of benzene rings is 1. The molecule has 0 bridgehead atoms. The predicted molar refractivity (Wildman–Crippen MR) is 50.5 cm³/mol. The van der Waals surface area contributed by atoms with Crippen molar-refractivity contribution in [3.8, 4) is 0 Å². The molecule has 1 aromatic carbocycles. The number of carbonyl (C=O) groups is 1. The first-order valence-corrected chi connectivity index (χ1v) is 4.43. The molecule has 72 valence electrons. The van der Waals surface area contributed by atoms with E-state index in [1.54, 1.807) is 6.07 Å². The molecule has 14 heavy (non-hydrogen) atoms. The van der Waals surface area contributed by atoms with Crippen LogP contribution in [0.5, 0.6) is 0 Å². The van der Waals surface area contributed by atoms with Crippen LogP contribution in [-0.4, -0.2) is 16.1 Å². The van der Waals surface area contributed by atoms with Crippen LogP contribution in [0.2, 0.25) is 0 Å². The van der Waals surface area contributed by atoms with E-state index < -0.39 is 5.97 Å². The van der Waals surface area contributed by atoms with Crippen LogP contribution in [0.3, 0.4) is 0 Å². The van der Waals surface area contributed by atoms with Gasteiger partial charge in [-0.05, 0) is 18.2 Å². The number of carboxylic acid groups (broad SMARTS) is 1. The zero-order valence-electron chi connectivity index (χ0n) is 7.03. The van der Waals surface area contributed by atoms with Gasteiger partial charge in [-0.25, -0.2) is 9.78 Å². The summed E-state index contributed by atoms with van der Waals surface area (Å²) in [6, 6.07) is 4.50. The van der Waals surface area contributed by atoms with Crippen LogP contribution in [0.1, 0.15) is 16.2 Å². The molecule has 0 saturated heterocycles. The molecule has 0 unspecified atom stereocenters. The molecule has 1 aromatic heterocycles. The molecule has 0 aliphatic rings. The number of alkyl halides is 1. The fourth-order valence-corrected chi connectivity index (χ4v) is 1.28. The van der Waals surface area contributed by atoms with Crippen molar-refractivity contribution in [2.45, 2.75) is 5.88 Å². The van der Waals surface area contributed by atoms with Crippen LogP contribution >= 0.6 is 11.6 Å². The van der Waals surface area contributed by atoms with Gasteiger partial charge in [-0.2, -0.15) is 0 Å². The van der Waals surface area contributed by atoms with Gasteiger partial charge in [0.25, 0.3) is 0 Å². The van der Waals surface area contributed by atoms with Gasteiger partial charge >= 0.3 is 5.97 Å². The van der Waals surface area contributed by atoms with Crippen LogP contribution in [-0.2, 0) is 5.88 Å². The maximum absolute atomic E-state index is 10.6. The summed E-state index contributed by atoms with van der Waals surface area (Å²) >= 11 is 5.53. The van der Waals surface area contributed by atoms with Gasteiger partial charge in [0.2, 0.25) is 5.89 Å². The minimum atomic E-state index is -0.990. The van der Waals surface area contributed by atoms with E-state index in [4.69, 9.17) is 21.1 Å². The van der Waals surface area contributed by atoms with E-state index in [-0.39, 0.29) is 11.4 Å². The number of halogens is 1. The van der Waals surface area contributed by atoms with Crippen molar-refractivity contribution in [1.29, 1.82) is 0 Å². The second kappa shape index (κ2) is 3.31. The third kappa shape index (κ3) is 1.44. The molecule has 0 atom stereocenters. The third-order valence-corrected chi connectivity index (χ3v) is 2.02. The van der Waals surface area contributed by atoms with Crippen LogP contribution in [0.25, 0.3) is 11.1 Å². The molecule has 0 amide bonds. The van der Waals surface area contributed by atoms with Gasteiger partial charge in [0.05, 0.1) is 11.4 Å². The first-order valence-electron chi connectivity index (χ1n) is 3.89. The Kier molecular flexibility index (Phi) is 2.13. The topological polar surface area (TPSA) is 63.3 Å². The lowest BCUT2D eigenvalue weighted by molar-refractivity contribution is 0.0697. The Balaban J connectivity index is 2.59. The number of hydrogen-bond acceptors (Lipinski definition) is 3. The SMILES string of the molecule is O=C(O)c1ccc2nc(CCl)oc2c1. The molecule has 5 heteroatoms. The average Bonchev–Trinajstić information content (AvgIpc) is 2.58. The molecule has 4 nitrogen and oxygen atoms in total. The largest absolute Gasteiger partial charge is 0.478 e. The number of hydrogen-bond donors (Lipinski definition) is 1.